The fraction of sp³-hybridized carbons (Fsp3) is 0.571. The molecule has 0 saturated carbocycles. The van der Waals surface area contributed by atoms with Gasteiger partial charge in [-0.1, -0.05) is 18.7 Å². The lowest BCUT2D eigenvalue weighted by Crippen LogP contribution is -1.92. The van der Waals surface area contributed by atoms with Gasteiger partial charge in [0.05, 0.1) is 6.07 Å². The van der Waals surface area contributed by atoms with Crippen LogP contribution in [-0.2, 0) is 0 Å². The Morgan fingerprint density at radius 2 is 2.50 bits per heavy atom. The SMILES string of the molecule is Cc1nsc(SC(C)CC#N)n1. The molecule has 3 nitrogen and oxygen atoms in total. The van der Waals surface area contributed by atoms with Gasteiger partial charge in [-0.15, -0.1) is 0 Å². The van der Waals surface area contributed by atoms with Gasteiger partial charge in [0, 0.05) is 11.7 Å². The van der Waals surface area contributed by atoms with Crippen molar-refractivity contribution in [2.75, 3.05) is 0 Å². The topological polar surface area (TPSA) is 49.6 Å². The molecule has 0 aliphatic carbocycles. The third-order valence-electron chi connectivity index (χ3n) is 1.19. The maximum absolute atomic E-state index is 8.42. The molecule has 12 heavy (non-hydrogen) atoms. The summed E-state index contributed by atoms with van der Waals surface area (Å²) >= 11 is 3.01. The Hall–Kier alpha value is -0.600. The Morgan fingerprint density at radius 3 is 3.00 bits per heavy atom. The van der Waals surface area contributed by atoms with Gasteiger partial charge in [0.2, 0.25) is 0 Å². The molecule has 5 heteroatoms. The van der Waals surface area contributed by atoms with Crippen LogP contribution in [0.2, 0.25) is 0 Å². The highest BCUT2D eigenvalue weighted by Crippen LogP contribution is 2.25. The van der Waals surface area contributed by atoms with Crippen LogP contribution in [0.15, 0.2) is 4.34 Å². The van der Waals surface area contributed by atoms with Crippen LogP contribution in [0.1, 0.15) is 19.2 Å². The molecule has 0 aliphatic rings. The third kappa shape index (κ3) is 2.80. The van der Waals surface area contributed by atoms with Crippen molar-refractivity contribution in [3.8, 4) is 6.07 Å². The molecule has 0 aromatic carbocycles. The minimum atomic E-state index is 0.308. The summed E-state index contributed by atoms with van der Waals surface area (Å²) < 4.78 is 5.01. The molecule has 1 aromatic rings. The van der Waals surface area contributed by atoms with Gasteiger partial charge in [-0.3, -0.25) is 0 Å². The van der Waals surface area contributed by atoms with Gasteiger partial charge < -0.3 is 0 Å². The van der Waals surface area contributed by atoms with E-state index in [1.807, 2.05) is 13.8 Å². The maximum Gasteiger partial charge on any atom is 0.170 e. The number of rotatable bonds is 3. The predicted molar refractivity (Wildman–Crippen MR) is 50.2 cm³/mol. The van der Waals surface area contributed by atoms with Crippen molar-refractivity contribution < 1.29 is 0 Å². The third-order valence-corrected chi connectivity index (χ3v) is 3.17. The number of hydrogen-bond donors (Lipinski definition) is 0. The number of nitrogens with zero attached hydrogens (tertiary/aromatic N) is 3. The molecule has 1 aromatic heterocycles. The Bertz CT molecular complexity index is 289. The van der Waals surface area contributed by atoms with E-state index in [1.54, 1.807) is 11.8 Å². The summed E-state index contributed by atoms with van der Waals surface area (Å²) in [5.74, 6) is 0.812. The fourth-order valence-corrected chi connectivity index (χ4v) is 2.56. The molecule has 0 saturated heterocycles. The lowest BCUT2D eigenvalue weighted by atomic mass is 10.4. The molecular weight excluding hydrogens is 190 g/mol. The summed E-state index contributed by atoms with van der Waals surface area (Å²) in [6.45, 7) is 3.89. The molecule has 1 atom stereocenters. The first-order chi connectivity index (χ1) is 5.72. The highest BCUT2D eigenvalue weighted by atomic mass is 32.2. The number of thioether (sulfide) groups is 1. The van der Waals surface area contributed by atoms with Crippen molar-refractivity contribution >= 4 is 23.3 Å². The first-order valence-electron chi connectivity index (χ1n) is 3.56. The first kappa shape index (κ1) is 9.49. The molecule has 0 radical (unpaired) electrons. The molecule has 0 fully saturated rings. The predicted octanol–water partition coefficient (Wildman–Crippen LogP) is 2.24. The van der Waals surface area contributed by atoms with E-state index in [-0.39, 0.29) is 0 Å². The van der Waals surface area contributed by atoms with E-state index in [0.29, 0.717) is 11.7 Å². The molecule has 1 heterocycles. The molecule has 64 valence electrons. The highest BCUT2D eigenvalue weighted by molar-refractivity contribution is 8.01. The van der Waals surface area contributed by atoms with Gasteiger partial charge >= 0.3 is 0 Å². The highest BCUT2D eigenvalue weighted by Gasteiger charge is 2.07. The van der Waals surface area contributed by atoms with Gasteiger partial charge in [-0.2, -0.15) is 9.64 Å². The van der Waals surface area contributed by atoms with Gasteiger partial charge in [0.15, 0.2) is 4.34 Å². The van der Waals surface area contributed by atoms with Crippen LogP contribution in [0.4, 0.5) is 0 Å². The van der Waals surface area contributed by atoms with Crippen LogP contribution < -0.4 is 0 Å². The molecule has 0 amide bonds. The van der Waals surface area contributed by atoms with Crippen LogP contribution in [0, 0.1) is 18.3 Å². The number of hydrogen-bond acceptors (Lipinski definition) is 5. The number of aromatic nitrogens is 2. The van der Waals surface area contributed by atoms with Crippen molar-refractivity contribution in [3.05, 3.63) is 5.82 Å². The summed E-state index contributed by atoms with van der Waals surface area (Å²) in [5, 5.41) is 8.73. The zero-order valence-electron chi connectivity index (χ0n) is 6.94. The molecular formula is C7H9N3S2. The summed E-state index contributed by atoms with van der Waals surface area (Å²) in [5.41, 5.74) is 0. The van der Waals surface area contributed by atoms with Crippen molar-refractivity contribution in [1.82, 2.24) is 9.36 Å². The maximum atomic E-state index is 8.42. The zero-order valence-corrected chi connectivity index (χ0v) is 8.58. The molecule has 0 aliphatic heterocycles. The Labute approximate surface area is 80.0 Å². The monoisotopic (exact) mass is 199 g/mol. The van der Waals surface area contributed by atoms with Gasteiger partial charge in [0.1, 0.15) is 5.82 Å². The van der Waals surface area contributed by atoms with E-state index >= 15 is 0 Å². The minimum absolute atomic E-state index is 0.308. The lowest BCUT2D eigenvalue weighted by molar-refractivity contribution is 0.984. The van der Waals surface area contributed by atoms with Crippen LogP contribution in [0.3, 0.4) is 0 Å². The molecule has 1 rings (SSSR count). The van der Waals surface area contributed by atoms with Crippen LogP contribution >= 0.6 is 23.3 Å². The number of nitriles is 1. The normalized spacial score (nSPS) is 12.4. The average molecular weight is 199 g/mol. The van der Waals surface area contributed by atoms with E-state index in [2.05, 4.69) is 15.4 Å². The smallest absolute Gasteiger partial charge is 0.170 e. The Balaban J connectivity index is 2.47. The lowest BCUT2D eigenvalue weighted by Gasteiger charge is -2.00. The minimum Gasteiger partial charge on any atom is -0.213 e. The molecule has 1 unspecified atom stereocenters. The van der Waals surface area contributed by atoms with Crippen molar-refractivity contribution in [2.24, 2.45) is 0 Å². The molecule has 0 N–H and O–H groups in total. The quantitative estimate of drug-likeness (QED) is 0.700. The summed E-state index contributed by atoms with van der Waals surface area (Å²) in [7, 11) is 0. The van der Waals surface area contributed by atoms with Gasteiger partial charge in [-0.25, -0.2) is 4.98 Å². The van der Waals surface area contributed by atoms with E-state index in [1.165, 1.54) is 11.5 Å². The second-order valence-electron chi connectivity index (χ2n) is 2.40. The second kappa shape index (κ2) is 4.43. The van der Waals surface area contributed by atoms with Gasteiger partial charge in [-0.05, 0) is 18.5 Å². The zero-order chi connectivity index (χ0) is 8.97. The fourth-order valence-electron chi connectivity index (χ4n) is 0.668. The van der Waals surface area contributed by atoms with E-state index in [0.717, 1.165) is 10.2 Å². The van der Waals surface area contributed by atoms with Crippen LogP contribution in [0.25, 0.3) is 0 Å². The first-order valence-corrected chi connectivity index (χ1v) is 5.21. The van der Waals surface area contributed by atoms with Gasteiger partial charge in [0.25, 0.3) is 0 Å². The van der Waals surface area contributed by atoms with E-state index < -0.39 is 0 Å². The average Bonchev–Trinajstić information content (AvgIpc) is 2.36. The molecule has 0 spiro atoms. The van der Waals surface area contributed by atoms with E-state index in [9.17, 15) is 0 Å². The molecule has 0 bridgehead atoms. The van der Waals surface area contributed by atoms with Crippen molar-refractivity contribution in [2.45, 2.75) is 29.9 Å². The summed E-state index contributed by atoms with van der Waals surface area (Å²) in [6.07, 6.45) is 0.559. The number of aryl methyl sites for hydroxylation is 1. The van der Waals surface area contributed by atoms with Crippen molar-refractivity contribution in [3.63, 3.8) is 0 Å². The Kier molecular flexibility index (Phi) is 3.50. The second-order valence-corrected chi connectivity index (χ2v) is 4.84. The summed E-state index contributed by atoms with van der Waals surface area (Å²) in [4.78, 5) is 4.19. The van der Waals surface area contributed by atoms with Crippen LogP contribution in [-0.4, -0.2) is 14.6 Å². The van der Waals surface area contributed by atoms with Crippen molar-refractivity contribution in [1.29, 1.82) is 5.26 Å². The Morgan fingerprint density at radius 1 is 1.75 bits per heavy atom. The largest absolute Gasteiger partial charge is 0.213 e. The summed E-state index contributed by atoms with van der Waals surface area (Å²) in [6, 6.07) is 2.13. The standard InChI is InChI=1S/C7H9N3S2/c1-5(3-4-8)11-7-9-6(2)10-12-7/h5H,3H2,1-2H3. The van der Waals surface area contributed by atoms with E-state index in [4.69, 9.17) is 5.26 Å². The van der Waals surface area contributed by atoms with Crippen LogP contribution in [0.5, 0.6) is 0 Å².